The van der Waals surface area contributed by atoms with Gasteiger partial charge >= 0.3 is 59.1 Å². The van der Waals surface area contributed by atoms with E-state index in [4.69, 9.17) is 0 Å². The number of unbranched alkanes of at least 4 members (excludes halogenated alkanes) is 18. The van der Waals surface area contributed by atoms with Gasteiger partial charge in [-0.2, -0.15) is 0 Å². The summed E-state index contributed by atoms with van der Waals surface area (Å²) in [6, 6.07) is 0. The molecular weight excluding hydrogens is 578 g/mol. The first-order chi connectivity index (χ1) is 20.3. The molecule has 0 aliphatic heterocycles. The molecule has 0 saturated heterocycles. The number of carboxylic acids is 2. The molecule has 2 amide bonds. The third-order valence-corrected chi connectivity index (χ3v) is 8.10. The van der Waals surface area contributed by atoms with Gasteiger partial charge in [0.15, 0.2) is 0 Å². The fourth-order valence-corrected chi connectivity index (χ4v) is 5.47. The third kappa shape index (κ3) is 31.8. The van der Waals surface area contributed by atoms with Crippen molar-refractivity contribution >= 4 is 23.8 Å². The number of hydrogen-bond acceptors (Lipinski definition) is 6. The van der Waals surface area contributed by atoms with E-state index in [-0.39, 0.29) is 96.9 Å². The Labute approximate surface area is 313 Å². The first kappa shape index (κ1) is 48.3. The Morgan fingerprint density at radius 1 is 0.455 bits per heavy atom. The zero-order valence-corrected chi connectivity index (χ0v) is 33.0. The van der Waals surface area contributed by atoms with Crippen LogP contribution in [0.5, 0.6) is 0 Å². The zero-order valence-electron chi connectivity index (χ0n) is 29.0. The third-order valence-electron chi connectivity index (χ3n) is 8.10. The first-order valence-corrected chi connectivity index (χ1v) is 17.3. The summed E-state index contributed by atoms with van der Waals surface area (Å²) >= 11 is 0. The minimum atomic E-state index is -1.24. The van der Waals surface area contributed by atoms with Crippen LogP contribution in [0.3, 0.4) is 0 Å². The van der Waals surface area contributed by atoms with E-state index in [1.807, 2.05) is 0 Å². The second-order valence-electron chi connectivity index (χ2n) is 12.1. The van der Waals surface area contributed by atoms with Crippen LogP contribution in [-0.2, 0) is 19.2 Å². The molecular formula is C34H62N2Na2O6. The molecule has 2 N–H and O–H groups in total. The van der Waals surface area contributed by atoms with E-state index in [1.165, 1.54) is 89.9 Å². The summed E-state index contributed by atoms with van der Waals surface area (Å²) in [6.45, 7) is 4.74. The maximum absolute atomic E-state index is 12.6. The number of amides is 2. The molecule has 0 aliphatic carbocycles. The number of hydrogen-bond donors (Lipinski definition) is 2. The summed E-state index contributed by atoms with van der Waals surface area (Å²) in [6.07, 6.45) is 23.7. The fraction of sp³-hybridized carbons (Fsp3) is 0.882. The van der Waals surface area contributed by atoms with Crippen LogP contribution >= 0.6 is 0 Å². The number of carboxylic acid groups (broad SMARTS) is 2. The van der Waals surface area contributed by atoms with E-state index >= 15 is 0 Å². The van der Waals surface area contributed by atoms with Crippen LogP contribution in [0.25, 0.3) is 0 Å². The van der Waals surface area contributed by atoms with Crippen LogP contribution in [0.15, 0.2) is 0 Å². The smallest absolute Gasteiger partial charge is 0.550 e. The van der Waals surface area contributed by atoms with E-state index < -0.39 is 23.8 Å². The molecule has 0 saturated carbocycles. The zero-order chi connectivity index (χ0) is 31.3. The molecule has 0 aromatic carbocycles. The topological polar surface area (TPSA) is 138 Å². The van der Waals surface area contributed by atoms with E-state index in [9.17, 15) is 29.4 Å². The molecule has 0 spiro atoms. The van der Waals surface area contributed by atoms with Crippen LogP contribution in [0.4, 0.5) is 0 Å². The fourth-order valence-electron chi connectivity index (χ4n) is 5.47. The Hall–Kier alpha value is -0.120. The number of rotatable bonds is 31. The van der Waals surface area contributed by atoms with Crippen LogP contribution in [0.1, 0.15) is 168 Å². The van der Waals surface area contributed by atoms with Gasteiger partial charge in [0.2, 0.25) is 11.8 Å². The monoisotopic (exact) mass is 640 g/mol. The van der Waals surface area contributed by atoms with Gasteiger partial charge in [-0.3, -0.25) is 9.59 Å². The molecule has 8 nitrogen and oxygen atoms in total. The largest absolute Gasteiger partial charge is 1.00 e. The molecule has 0 fully saturated rings. The molecule has 0 aromatic heterocycles. The van der Waals surface area contributed by atoms with Gasteiger partial charge in [0.1, 0.15) is 0 Å². The Balaban J connectivity index is -0.00000840. The molecule has 0 aliphatic rings. The Bertz CT molecular complexity index is 653. The van der Waals surface area contributed by atoms with Crippen molar-refractivity contribution in [2.24, 2.45) is 11.8 Å². The summed E-state index contributed by atoms with van der Waals surface area (Å²) in [5.41, 5.74) is 0. The molecule has 0 rings (SSSR count). The standard InChI is InChI=1S/C34H64N2O6.2Na/c1-3-5-7-9-11-13-15-17-19-21-23-29(27-31(37)38)33(41)35-25-26-36-34(42)30(28-32(39)40)24-22-20-18-16-14-12-10-8-6-4-2;;/h29-30H,3-28H2,1-2H3,(H,35,41)(H,36,42)(H,37,38)(H,39,40);;/q;2*+1/p-2. The molecule has 10 heteroatoms. The Morgan fingerprint density at radius 3 is 0.955 bits per heavy atom. The summed E-state index contributed by atoms with van der Waals surface area (Å²) in [5, 5.41) is 27.8. The number of nitrogens with one attached hydrogen (secondary N) is 2. The van der Waals surface area contributed by atoms with Gasteiger partial charge in [0.05, 0.1) is 0 Å². The van der Waals surface area contributed by atoms with Crippen molar-refractivity contribution in [1.82, 2.24) is 10.6 Å². The van der Waals surface area contributed by atoms with Crippen molar-refractivity contribution < 1.29 is 88.5 Å². The van der Waals surface area contributed by atoms with E-state index in [0.717, 1.165) is 38.5 Å². The van der Waals surface area contributed by atoms with Gasteiger partial charge in [0.25, 0.3) is 0 Å². The van der Waals surface area contributed by atoms with Crippen molar-refractivity contribution in [2.45, 2.75) is 168 Å². The average molecular weight is 641 g/mol. The maximum atomic E-state index is 12.6. The molecule has 0 radical (unpaired) electrons. The predicted octanol–water partition coefficient (Wildman–Crippen LogP) is -0.639. The van der Waals surface area contributed by atoms with E-state index in [2.05, 4.69) is 24.5 Å². The van der Waals surface area contributed by atoms with E-state index in [1.54, 1.807) is 0 Å². The van der Waals surface area contributed by atoms with Gasteiger partial charge in [-0.1, -0.05) is 142 Å². The van der Waals surface area contributed by atoms with Crippen molar-refractivity contribution in [3.8, 4) is 0 Å². The van der Waals surface area contributed by atoms with Crippen LogP contribution < -0.4 is 80.0 Å². The first-order valence-electron chi connectivity index (χ1n) is 17.3. The number of carbonyl (C=O) groups excluding carboxylic acids is 4. The maximum Gasteiger partial charge on any atom is 1.00 e. The van der Waals surface area contributed by atoms with Crippen LogP contribution in [0, 0.1) is 11.8 Å². The summed E-state index contributed by atoms with van der Waals surface area (Å²) in [7, 11) is 0. The van der Waals surface area contributed by atoms with Crippen molar-refractivity contribution in [2.75, 3.05) is 13.1 Å². The van der Waals surface area contributed by atoms with Crippen LogP contribution in [0.2, 0.25) is 0 Å². The average Bonchev–Trinajstić information content (AvgIpc) is 2.95. The summed E-state index contributed by atoms with van der Waals surface area (Å²) in [4.78, 5) is 47.6. The van der Waals surface area contributed by atoms with Crippen molar-refractivity contribution in [3.05, 3.63) is 0 Å². The molecule has 2 unspecified atom stereocenters. The quantitative estimate of drug-likeness (QED) is 0.0764. The van der Waals surface area contributed by atoms with Gasteiger partial charge in [0, 0.05) is 36.9 Å². The van der Waals surface area contributed by atoms with Gasteiger partial charge in [-0.25, -0.2) is 0 Å². The normalized spacial score (nSPS) is 12.0. The molecule has 2 atom stereocenters. The molecule has 0 heterocycles. The predicted molar refractivity (Wildman–Crippen MR) is 165 cm³/mol. The van der Waals surface area contributed by atoms with Gasteiger partial charge in [-0.15, -0.1) is 0 Å². The second kappa shape index (κ2) is 35.7. The molecule has 44 heavy (non-hydrogen) atoms. The minimum Gasteiger partial charge on any atom is -0.550 e. The van der Waals surface area contributed by atoms with Crippen LogP contribution in [-0.4, -0.2) is 36.8 Å². The Kier molecular flexibility index (Phi) is 39.2. The van der Waals surface area contributed by atoms with Gasteiger partial charge in [-0.05, 0) is 25.7 Å². The van der Waals surface area contributed by atoms with Crippen molar-refractivity contribution in [3.63, 3.8) is 0 Å². The number of aliphatic carboxylic acids is 2. The summed E-state index contributed by atoms with van der Waals surface area (Å²) in [5.74, 6) is -4.48. The molecule has 0 bridgehead atoms. The van der Waals surface area contributed by atoms with Gasteiger partial charge < -0.3 is 30.4 Å². The Morgan fingerprint density at radius 2 is 0.705 bits per heavy atom. The van der Waals surface area contributed by atoms with E-state index in [0.29, 0.717) is 12.8 Å². The molecule has 246 valence electrons. The number of carbonyl (C=O) groups is 4. The second-order valence-corrected chi connectivity index (χ2v) is 12.1. The van der Waals surface area contributed by atoms with Crippen molar-refractivity contribution in [1.29, 1.82) is 0 Å². The SMILES string of the molecule is CCCCCCCCCCCCC(CC(=O)[O-])C(=O)NCCNC(=O)C(CCCCCCCCCCCC)CC(=O)[O-].[Na+].[Na+]. The minimum absolute atomic E-state index is 0. The molecule has 0 aromatic rings. The summed E-state index contributed by atoms with van der Waals surface area (Å²) < 4.78 is 0.